The Hall–Kier alpha value is -1.29. The molecular formula is C20H35N5O2S2. The summed E-state index contributed by atoms with van der Waals surface area (Å²) >= 11 is 0. The van der Waals surface area contributed by atoms with Gasteiger partial charge in [-0.25, -0.2) is 4.68 Å². The number of allylic oxidation sites excluding steroid dienone is 3. The molecule has 0 amide bonds. The zero-order valence-corrected chi connectivity index (χ0v) is 19.1. The largest absolute Gasteiger partial charge is 0.477 e. The van der Waals surface area contributed by atoms with Crippen molar-refractivity contribution in [3.05, 3.63) is 30.1 Å². The number of hydrogen-bond acceptors (Lipinski definition) is 6. The number of fused-ring (bicyclic) bond motifs is 1. The van der Waals surface area contributed by atoms with Crippen LogP contribution < -0.4 is 20.3 Å². The van der Waals surface area contributed by atoms with Crippen molar-refractivity contribution in [1.82, 2.24) is 14.5 Å². The molecule has 1 aliphatic carbocycles. The van der Waals surface area contributed by atoms with Crippen molar-refractivity contribution in [3.63, 3.8) is 0 Å². The van der Waals surface area contributed by atoms with Crippen LogP contribution in [0.25, 0.3) is 0 Å². The molecule has 1 saturated carbocycles. The number of nitrogens with two attached hydrogens (primary N) is 2. The molecule has 3 atom stereocenters. The molecule has 1 aliphatic heterocycles. The van der Waals surface area contributed by atoms with Crippen LogP contribution in [0.4, 0.5) is 0 Å². The molecule has 0 spiro atoms. The van der Waals surface area contributed by atoms with Gasteiger partial charge in [-0.05, 0) is 56.2 Å². The molecule has 5 N–H and O–H groups in total. The Labute approximate surface area is 178 Å². The summed E-state index contributed by atoms with van der Waals surface area (Å²) in [5, 5.41) is 10.4. The minimum atomic E-state index is -3.12. The van der Waals surface area contributed by atoms with Crippen molar-refractivity contribution in [3.8, 4) is 5.88 Å². The quantitative estimate of drug-likeness (QED) is 0.138. The van der Waals surface area contributed by atoms with E-state index in [4.69, 9.17) is 15.6 Å². The molecule has 3 rings (SSSR count). The van der Waals surface area contributed by atoms with Crippen LogP contribution in [0.15, 0.2) is 35.0 Å². The van der Waals surface area contributed by atoms with E-state index in [1.165, 1.54) is 12.0 Å². The number of nitrogens with one attached hydrogen (secondary N) is 1. The van der Waals surface area contributed by atoms with Crippen molar-refractivity contribution in [2.24, 2.45) is 22.7 Å². The number of aryl methyl sites for hydroxylation is 1. The first-order valence-corrected chi connectivity index (χ1v) is 13.7. The molecular weight excluding hydrogens is 406 g/mol. The predicted molar refractivity (Wildman–Crippen MR) is 122 cm³/mol. The Balaban J connectivity index is 1.35. The lowest BCUT2D eigenvalue weighted by molar-refractivity contribution is 0.224. The van der Waals surface area contributed by atoms with Crippen LogP contribution in [0, 0.1) is 11.8 Å². The van der Waals surface area contributed by atoms with Gasteiger partial charge in [0.2, 0.25) is 5.88 Å². The van der Waals surface area contributed by atoms with Gasteiger partial charge < -0.3 is 10.5 Å². The SMILES string of the molecule is CC(CCCC/C=C\C(=C\N)C1CC1C)NS[SH](N)(=O)c1cnn2c1OCCC2. The second-order valence-electron chi connectivity index (χ2n) is 8.14. The number of aromatic nitrogens is 2. The van der Waals surface area contributed by atoms with Gasteiger partial charge in [0.05, 0.1) is 12.8 Å². The number of ether oxygens (including phenoxy) is 1. The zero-order valence-electron chi connectivity index (χ0n) is 17.4. The fourth-order valence-corrected chi connectivity index (χ4v) is 6.46. The molecule has 3 unspecified atom stereocenters. The number of rotatable bonds is 11. The average molecular weight is 442 g/mol. The highest BCUT2D eigenvalue weighted by molar-refractivity contribution is 8.75. The number of unbranched alkanes of at least 4 members (excludes halogenated alkanes) is 2. The lowest BCUT2D eigenvalue weighted by Crippen LogP contribution is -2.29. The molecule has 2 heterocycles. The van der Waals surface area contributed by atoms with E-state index in [0.717, 1.165) is 55.5 Å². The predicted octanol–water partition coefficient (Wildman–Crippen LogP) is 3.07. The lowest BCUT2D eigenvalue weighted by Gasteiger charge is -2.23. The van der Waals surface area contributed by atoms with E-state index < -0.39 is 9.15 Å². The van der Waals surface area contributed by atoms with Crippen molar-refractivity contribution in [2.75, 3.05) is 6.61 Å². The molecule has 0 aromatic carbocycles. The van der Waals surface area contributed by atoms with Crippen molar-refractivity contribution in [1.29, 1.82) is 0 Å². The highest BCUT2D eigenvalue weighted by Gasteiger charge is 2.34. The summed E-state index contributed by atoms with van der Waals surface area (Å²) in [5.41, 5.74) is 7.00. The van der Waals surface area contributed by atoms with Gasteiger partial charge in [-0.2, -0.15) is 5.10 Å². The summed E-state index contributed by atoms with van der Waals surface area (Å²) < 4.78 is 23.6. The summed E-state index contributed by atoms with van der Waals surface area (Å²) in [6.45, 7) is 5.75. The molecule has 0 radical (unpaired) electrons. The van der Waals surface area contributed by atoms with Gasteiger partial charge in [0.1, 0.15) is 4.90 Å². The normalized spacial score (nSPS) is 23.6. The Morgan fingerprint density at radius 3 is 3.07 bits per heavy atom. The fraction of sp³-hybridized carbons (Fsp3) is 0.650. The van der Waals surface area contributed by atoms with E-state index >= 15 is 0 Å². The Bertz CT molecular complexity index is 792. The standard InChI is InChI=1S/C20H35N5O2S2/c1-15-12-18(15)17(13-21)9-6-4-3-5-8-16(2)24-28-29(22,26)19-14-23-25-10-7-11-27-20(19)25/h6,9,13-16,18,24,29H,3-5,7-8,10-12,21H2,1-2H3,(H2,22,26)/b9-6-,17-13-. The van der Waals surface area contributed by atoms with Gasteiger partial charge in [-0.3, -0.25) is 14.1 Å². The molecule has 7 nitrogen and oxygen atoms in total. The van der Waals surface area contributed by atoms with Gasteiger partial charge in [-0.1, -0.05) is 25.5 Å². The maximum Gasteiger partial charge on any atom is 0.228 e. The maximum atomic E-state index is 13.0. The third-order valence-corrected chi connectivity index (χ3v) is 9.03. The molecule has 1 fully saturated rings. The second-order valence-corrected chi connectivity index (χ2v) is 12.4. The van der Waals surface area contributed by atoms with Crippen molar-refractivity contribution in [2.45, 2.75) is 69.9 Å². The molecule has 164 valence electrons. The van der Waals surface area contributed by atoms with Gasteiger partial charge in [0, 0.05) is 39.1 Å². The van der Waals surface area contributed by atoms with E-state index in [2.05, 4.69) is 35.8 Å². The molecule has 9 heteroatoms. The van der Waals surface area contributed by atoms with Crippen molar-refractivity contribution >= 4 is 20.1 Å². The van der Waals surface area contributed by atoms with E-state index in [0.29, 0.717) is 23.3 Å². The molecule has 0 saturated heterocycles. The Kier molecular flexibility index (Phi) is 7.84. The third-order valence-electron chi connectivity index (χ3n) is 5.55. The van der Waals surface area contributed by atoms with Crippen LogP contribution in [-0.2, 0) is 15.7 Å². The summed E-state index contributed by atoms with van der Waals surface area (Å²) in [4.78, 5) is 0.515. The first kappa shape index (κ1) is 22.4. The molecule has 2 aliphatic rings. The van der Waals surface area contributed by atoms with E-state index in [1.807, 2.05) is 0 Å². The minimum Gasteiger partial charge on any atom is -0.477 e. The monoisotopic (exact) mass is 441 g/mol. The van der Waals surface area contributed by atoms with Gasteiger partial charge in [-0.15, -0.1) is 0 Å². The summed E-state index contributed by atoms with van der Waals surface area (Å²) in [6, 6.07) is 0.222. The highest BCUT2D eigenvalue weighted by Crippen LogP contribution is 2.43. The summed E-state index contributed by atoms with van der Waals surface area (Å²) in [5.74, 6) is 2.00. The summed E-state index contributed by atoms with van der Waals surface area (Å²) in [6.07, 6.45) is 14.2. The van der Waals surface area contributed by atoms with E-state index in [1.54, 1.807) is 17.1 Å². The van der Waals surface area contributed by atoms with Gasteiger partial charge in [0.25, 0.3) is 0 Å². The average Bonchev–Trinajstić information content (AvgIpc) is 3.26. The van der Waals surface area contributed by atoms with Crippen LogP contribution in [-0.4, -0.2) is 26.6 Å². The number of nitrogens with zero attached hydrogens (tertiary/aromatic N) is 2. The summed E-state index contributed by atoms with van der Waals surface area (Å²) in [7, 11) is -2.00. The zero-order chi connectivity index (χ0) is 20.9. The topological polar surface area (TPSA) is 108 Å². The van der Waals surface area contributed by atoms with Gasteiger partial charge in [0.15, 0.2) is 0 Å². The Morgan fingerprint density at radius 1 is 1.55 bits per heavy atom. The van der Waals surface area contributed by atoms with E-state index in [-0.39, 0.29) is 6.04 Å². The minimum absolute atomic E-state index is 0.222. The maximum absolute atomic E-state index is 13.0. The van der Waals surface area contributed by atoms with Crippen LogP contribution in [0.3, 0.4) is 0 Å². The highest BCUT2D eigenvalue weighted by atomic mass is 33.2. The first-order chi connectivity index (χ1) is 13.9. The smallest absolute Gasteiger partial charge is 0.228 e. The second kappa shape index (κ2) is 10.1. The lowest BCUT2D eigenvalue weighted by atomic mass is 10.1. The van der Waals surface area contributed by atoms with Crippen LogP contribution in [0.2, 0.25) is 0 Å². The first-order valence-electron chi connectivity index (χ1n) is 10.5. The van der Waals surface area contributed by atoms with Crippen molar-refractivity contribution < 1.29 is 8.95 Å². The fourth-order valence-electron chi connectivity index (χ4n) is 3.57. The van der Waals surface area contributed by atoms with Crippen LogP contribution >= 0.6 is 11.0 Å². The molecule has 29 heavy (non-hydrogen) atoms. The molecule has 1 aromatic rings. The van der Waals surface area contributed by atoms with E-state index in [9.17, 15) is 4.21 Å². The third kappa shape index (κ3) is 6.10. The Morgan fingerprint density at radius 2 is 2.34 bits per heavy atom. The molecule has 1 aromatic heterocycles. The van der Waals surface area contributed by atoms with Crippen LogP contribution in [0.1, 0.15) is 52.4 Å². The number of thiol groups is 1. The molecule has 0 bridgehead atoms. The van der Waals surface area contributed by atoms with Gasteiger partial charge >= 0.3 is 0 Å². The van der Waals surface area contributed by atoms with Crippen LogP contribution in [0.5, 0.6) is 5.88 Å². The number of hydrogen-bond donors (Lipinski definition) is 4.